The van der Waals surface area contributed by atoms with Crippen LogP contribution < -0.4 is 0 Å². The highest BCUT2D eigenvalue weighted by atomic mass is 16.5. The number of benzene rings is 1. The molecule has 0 aromatic heterocycles. The molecule has 0 heterocycles. The molecule has 1 aromatic rings. The second-order valence-corrected chi connectivity index (χ2v) is 6.15. The lowest BCUT2D eigenvalue weighted by molar-refractivity contribution is 0.0472. The summed E-state index contributed by atoms with van der Waals surface area (Å²) in [6, 6.07) is 10.3. The van der Waals surface area contributed by atoms with Gasteiger partial charge in [0.2, 0.25) is 0 Å². The quantitative estimate of drug-likeness (QED) is 0.427. The Morgan fingerprint density at radius 1 is 1.30 bits per heavy atom. The number of hydrogen-bond donors (Lipinski definition) is 0. The SMILES string of the molecule is C=CC(C)CCCC(C)(C)OC=C(C)c1ccccc1. The number of allylic oxidation sites excluding steroid dienone is 2. The molecule has 20 heavy (non-hydrogen) atoms. The van der Waals surface area contributed by atoms with Crippen molar-refractivity contribution in [3.63, 3.8) is 0 Å². The molecule has 1 heteroatoms. The van der Waals surface area contributed by atoms with Crippen molar-refractivity contribution in [1.82, 2.24) is 0 Å². The Morgan fingerprint density at radius 2 is 1.95 bits per heavy atom. The van der Waals surface area contributed by atoms with Crippen LogP contribution in [0.2, 0.25) is 0 Å². The summed E-state index contributed by atoms with van der Waals surface area (Å²) in [7, 11) is 0. The van der Waals surface area contributed by atoms with E-state index in [1.807, 2.05) is 18.4 Å². The van der Waals surface area contributed by atoms with Crippen LogP contribution in [0.3, 0.4) is 0 Å². The molecule has 0 radical (unpaired) electrons. The number of rotatable bonds is 8. The van der Waals surface area contributed by atoms with Crippen LogP contribution in [0.5, 0.6) is 0 Å². The Bertz CT molecular complexity index is 428. The van der Waals surface area contributed by atoms with Crippen molar-refractivity contribution in [2.75, 3.05) is 0 Å². The van der Waals surface area contributed by atoms with Gasteiger partial charge in [0.15, 0.2) is 0 Å². The lowest BCUT2D eigenvalue weighted by atomic mass is 9.97. The van der Waals surface area contributed by atoms with Crippen LogP contribution >= 0.6 is 0 Å². The molecule has 0 aliphatic rings. The van der Waals surface area contributed by atoms with Crippen molar-refractivity contribution in [1.29, 1.82) is 0 Å². The normalized spacial score (nSPS) is 13.9. The molecule has 1 nitrogen and oxygen atoms in total. The molecule has 1 unspecified atom stereocenters. The van der Waals surface area contributed by atoms with Gasteiger partial charge in [0.25, 0.3) is 0 Å². The summed E-state index contributed by atoms with van der Waals surface area (Å²) in [5.74, 6) is 0.590. The molecule has 0 aliphatic carbocycles. The molecule has 0 aliphatic heterocycles. The van der Waals surface area contributed by atoms with Crippen molar-refractivity contribution >= 4 is 5.57 Å². The van der Waals surface area contributed by atoms with Gasteiger partial charge in [-0.05, 0) is 57.1 Å². The first kappa shape index (κ1) is 16.6. The monoisotopic (exact) mass is 272 g/mol. The molecule has 0 bridgehead atoms. The Labute approximate surface area is 124 Å². The van der Waals surface area contributed by atoms with E-state index in [4.69, 9.17) is 4.74 Å². The van der Waals surface area contributed by atoms with Gasteiger partial charge in [0.1, 0.15) is 5.60 Å². The standard InChI is InChI=1S/C19H28O/c1-6-16(2)11-10-14-19(4,5)20-15-17(3)18-12-8-7-9-13-18/h6-9,12-13,15-16H,1,10-11,14H2,2-5H3. The molecule has 0 saturated carbocycles. The van der Waals surface area contributed by atoms with Gasteiger partial charge in [0, 0.05) is 0 Å². The Balaban J connectivity index is 2.47. The Kier molecular flexibility index (Phi) is 6.57. The van der Waals surface area contributed by atoms with Crippen LogP contribution in [0.1, 0.15) is 52.5 Å². The van der Waals surface area contributed by atoms with Crippen LogP contribution in [-0.2, 0) is 4.74 Å². The highest BCUT2D eigenvalue weighted by molar-refractivity contribution is 5.62. The van der Waals surface area contributed by atoms with Gasteiger partial charge in [-0.3, -0.25) is 0 Å². The van der Waals surface area contributed by atoms with E-state index >= 15 is 0 Å². The van der Waals surface area contributed by atoms with Gasteiger partial charge in [0.05, 0.1) is 6.26 Å². The summed E-state index contributed by atoms with van der Waals surface area (Å²) < 4.78 is 5.97. The molecule has 0 fully saturated rings. The van der Waals surface area contributed by atoms with E-state index in [1.165, 1.54) is 18.4 Å². The van der Waals surface area contributed by atoms with E-state index in [1.54, 1.807) is 0 Å². The Hall–Kier alpha value is -1.50. The van der Waals surface area contributed by atoms with E-state index in [0.717, 1.165) is 12.0 Å². The zero-order valence-electron chi connectivity index (χ0n) is 13.4. The van der Waals surface area contributed by atoms with Crippen molar-refractivity contribution in [2.24, 2.45) is 5.92 Å². The van der Waals surface area contributed by atoms with E-state index < -0.39 is 0 Å². The van der Waals surface area contributed by atoms with Crippen molar-refractivity contribution in [3.8, 4) is 0 Å². The second kappa shape index (κ2) is 7.94. The van der Waals surface area contributed by atoms with Crippen LogP contribution in [0.4, 0.5) is 0 Å². The largest absolute Gasteiger partial charge is 0.495 e. The number of hydrogen-bond acceptors (Lipinski definition) is 1. The summed E-state index contributed by atoms with van der Waals surface area (Å²) in [5, 5.41) is 0. The van der Waals surface area contributed by atoms with Crippen molar-refractivity contribution in [3.05, 3.63) is 54.8 Å². The van der Waals surface area contributed by atoms with Crippen LogP contribution in [0.25, 0.3) is 5.57 Å². The van der Waals surface area contributed by atoms with E-state index in [-0.39, 0.29) is 5.60 Å². The van der Waals surface area contributed by atoms with Gasteiger partial charge in [-0.25, -0.2) is 0 Å². The van der Waals surface area contributed by atoms with Crippen molar-refractivity contribution < 1.29 is 4.74 Å². The highest BCUT2D eigenvalue weighted by Gasteiger charge is 2.17. The zero-order valence-corrected chi connectivity index (χ0v) is 13.4. The zero-order chi connectivity index (χ0) is 15.0. The molecule has 1 aromatic carbocycles. The van der Waals surface area contributed by atoms with Crippen LogP contribution in [0.15, 0.2) is 49.2 Å². The van der Waals surface area contributed by atoms with Gasteiger partial charge in [-0.1, -0.05) is 43.3 Å². The van der Waals surface area contributed by atoms with E-state index in [9.17, 15) is 0 Å². The van der Waals surface area contributed by atoms with Gasteiger partial charge < -0.3 is 4.74 Å². The molecular formula is C19H28O. The fourth-order valence-electron chi connectivity index (χ4n) is 2.04. The first-order valence-corrected chi connectivity index (χ1v) is 7.47. The number of ether oxygens (including phenoxy) is 1. The maximum absolute atomic E-state index is 5.97. The maximum atomic E-state index is 5.97. The van der Waals surface area contributed by atoms with Crippen LogP contribution in [0, 0.1) is 5.92 Å². The average Bonchev–Trinajstić information content (AvgIpc) is 2.45. The topological polar surface area (TPSA) is 9.23 Å². The highest BCUT2D eigenvalue weighted by Crippen LogP contribution is 2.22. The summed E-state index contributed by atoms with van der Waals surface area (Å²) in [6.07, 6.45) is 7.32. The summed E-state index contributed by atoms with van der Waals surface area (Å²) in [4.78, 5) is 0. The Morgan fingerprint density at radius 3 is 2.55 bits per heavy atom. The third kappa shape index (κ3) is 6.10. The van der Waals surface area contributed by atoms with Crippen molar-refractivity contribution in [2.45, 2.75) is 52.6 Å². The molecule has 0 N–H and O–H groups in total. The van der Waals surface area contributed by atoms with E-state index in [2.05, 4.69) is 58.5 Å². The summed E-state index contributed by atoms with van der Waals surface area (Å²) >= 11 is 0. The maximum Gasteiger partial charge on any atom is 0.103 e. The first-order valence-electron chi connectivity index (χ1n) is 7.47. The van der Waals surface area contributed by atoms with Gasteiger partial charge in [-0.15, -0.1) is 6.58 Å². The fourth-order valence-corrected chi connectivity index (χ4v) is 2.04. The molecule has 1 atom stereocenters. The summed E-state index contributed by atoms with van der Waals surface area (Å²) in [6.45, 7) is 12.4. The molecule has 110 valence electrons. The lowest BCUT2D eigenvalue weighted by Crippen LogP contribution is -2.22. The minimum Gasteiger partial charge on any atom is -0.495 e. The first-order chi connectivity index (χ1) is 9.44. The minimum absolute atomic E-state index is 0.114. The van der Waals surface area contributed by atoms with Gasteiger partial charge >= 0.3 is 0 Å². The minimum atomic E-state index is -0.114. The average molecular weight is 272 g/mol. The third-order valence-electron chi connectivity index (χ3n) is 3.62. The molecule has 1 rings (SSSR count). The van der Waals surface area contributed by atoms with E-state index in [0.29, 0.717) is 5.92 Å². The molecular weight excluding hydrogens is 244 g/mol. The lowest BCUT2D eigenvalue weighted by Gasteiger charge is -2.25. The smallest absolute Gasteiger partial charge is 0.103 e. The van der Waals surface area contributed by atoms with Crippen LogP contribution in [-0.4, -0.2) is 5.60 Å². The summed E-state index contributed by atoms with van der Waals surface area (Å²) in [5.41, 5.74) is 2.26. The predicted molar refractivity (Wildman–Crippen MR) is 88.5 cm³/mol. The third-order valence-corrected chi connectivity index (χ3v) is 3.62. The molecule has 0 spiro atoms. The second-order valence-electron chi connectivity index (χ2n) is 6.15. The molecule has 0 amide bonds. The fraction of sp³-hybridized carbons (Fsp3) is 0.474. The van der Waals surface area contributed by atoms with Gasteiger partial charge in [-0.2, -0.15) is 0 Å². The molecule has 0 saturated heterocycles. The predicted octanol–water partition coefficient (Wildman–Crippen LogP) is 5.84.